The Bertz CT molecular complexity index is 386. The minimum atomic E-state index is -0.995. The first-order valence-electron chi connectivity index (χ1n) is 6.42. The predicted molar refractivity (Wildman–Crippen MR) is 69.8 cm³/mol. The van der Waals surface area contributed by atoms with Crippen LogP contribution in [-0.4, -0.2) is 31.4 Å². The van der Waals surface area contributed by atoms with Crippen LogP contribution in [0.15, 0.2) is 18.2 Å². The molecule has 0 aliphatic carbocycles. The monoisotopic (exact) mass is 273 g/mol. The van der Waals surface area contributed by atoms with Crippen LogP contribution in [0.1, 0.15) is 25.5 Å². The van der Waals surface area contributed by atoms with E-state index < -0.39 is 17.7 Å². The van der Waals surface area contributed by atoms with E-state index in [4.69, 9.17) is 4.74 Å². The van der Waals surface area contributed by atoms with E-state index in [1.807, 2.05) is 0 Å². The van der Waals surface area contributed by atoms with Gasteiger partial charge in [0.25, 0.3) is 0 Å². The maximum absolute atomic E-state index is 13.4. The molecular weight excluding hydrogens is 252 g/mol. The molecule has 1 aromatic carbocycles. The van der Waals surface area contributed by atoms with Crippen LogP contribution in [0.4, 0.5) is 8.78 Å². The molecule has 0 saturated carbocycles. The molecule has 0 amide bonds. The molecule has 0 aliphatic rings. The van der Waals surface area contributed by atoms with Gasteiger partial charge in [-0.25, -0.2) is 8.78 Å². The van der Waals surface area contributed by atoms with Gasteiger partial charge in [-0.3, -0.25) is 0 Å². The number of hydrogen-bond donors (Lipinski definition) is 2. The van der Waals surface area contributed by atoms with Gasteiger partial charge in [-0.2, -0.15) is 0 Å². The van der Waals surface area contributed by atoms with Crippen molar-refractivity contribution in [3.05, 3.63) is 35.4 Å². The topological polar surface area (TPSA) is 41.5 Å². The lowest BCUT2D eigenvalue weighted by Gasteiger charge is -2.13. The van der Waals surface area contributed by atoms with Gasteiger partial charge in [-0.15, -0.1) is 0 Å². The van der Waals surface area contributed by atoms with Gasteiger partial charge in [-0.1, -0.05) is 19.9 Å². The van der Waals surface area contributed by atoms with Gasteiger partial charge in [0.05, 0.1) is 12.7 Å². The lowest BCUT2D eigenvalue weighted by atomic mass is 10.1. The van der Waals surface area contributed by atoms with Crippen LogP contribution in [0.2, 0.25) is 0 Å². The molecule has 3 nitrogen and oxygen atoms in total. The Labute approximate surface area is 112 Å². The Morgan fingerprint density at radius 2 is 2.05 bits per heavy atom. The van der Waals surface area contributed by atoms with E-state index in [-0.39, 0.29) is 12.1 Å². The molecule has 19 heavy (non-hydrogen) atoms. The van der Waals surface area contributed by atoms with Crippen LogP contribution < -0.4 is 5.32 Å². The van der Waals surface area contributed by atoms with Crippen molar-refractivity contribution in [2.45, 2.75) is 20.0 Å². The van der Waals surface area contributed by atoms with Crippen molar-refractivity contribution in [2.24, 2.45) is 5.92 Å². The number of rotatable bonds is 8. The zero-order valence-corrected chi connectivity index (χ0v) is 11.3. The molecule has 5 heteroatoms. The molecule has 0 radical (unpaired) electrons. The highest BCUT2D eigenvalue weighted by Gasteiger charge is 2.12. The molecule has 1 unspecified atom stereocenters. The molecule has 0 fully saturated rings. The summed E-state index contributed by atoms with van der Waals surface area (Å²) < 4.78 is 31.4. The summed E-state index contributed by atoms with van der Waals surface area (Å²) in [4.78, 5) is 0. The smallest absolute Gasteiger partial charge is 0.131 e. The molecule has 0 bridgehead atoms. The third-order valence-electron chi connectivity index (χ3n) is 2.53. The number of aliphatic hydroxyl groups excluding tert-OH is 1. The SMILES string of the molecule is CC(C)COCCNCC(O)c1ccc(F)cc1F. The standard InChI is InChI=1S/C14H21F2NO2/c1-10(2)9-19-6-5-17-8-14(18)12-4-3-11(15)7-13(12)16/h3-4,7,10,14,17-18H,5-6,8-9H2,1-2H3. The normalized spacial score (nSPS) is 12.9. The summed E-state index contributed by atoms with van der Waals surface area (Å²) in [5.41, 5.74) is 0.0944. The highest BCUT2D eigenvalue weighted by Crippen LogP contribution is 2.17. The summed E-state index contributed by atoms with van der Waals surface area (Å²) in [6.07, 6.45) is -0.995. The Balaban J connectivity index is 2.25. The summed E-state index contributed by atoms with van der Waals surface area (Å²) >= 11 is 0. The minimum absolute atomic E-state index is 0.0944. The minimum Gasteiger partial charge on any atom is -0.387 e. The number of hydrogen-bond acceptors (Lipinski definition) is 3. The van der Waals surface area contributed by atoms with Crippen LogP contribution in [-0.2, 0) is 4.74 Å². The maximum atomic E-state index is 13.4. The summed E-state index contributed by atoms with van der Waals surface area (Å²) in [5.74, 6) is -0.896. The largest absolute Gasteiger partial charge is 0.387 e. The molecule has 1 rings (SSSR count). The number of halogens is 2. The van der Waals surface area contributed by atoms with Crippen LogP contribution in [0.5, 0.6) is 0 Å². The van der Waals surface area contributed by atoms with Crippen LogP contribution in [0, 0.1) is 17.6 Å². The van der Waals surface area contributed by atoms with Crippen molar-refractivity contribution in [3.8, 4) is 0 Å². The molecule has 1 aromatic rings. The highest BCUT2D eigenvalue weighted by atomic mass is 19.1. The summed E-state index contributed by atoms with van der Waals surface area (Å²) in [7, 11) is 0. The second kappa shape index (κ2) is 8.19. The van der Waals surface area contributed by atoms with E-state index in [2.05, 4.69) is 19.2 Å². The Kier molecular flexibility index (Phi) is 6.91. The average molecular weight is 273 g/mol. The van der Waals surface area contributed by atoms with E-state index in [1.54, 1.807) is 0 Å². The van der Waals surface area contributed by atoms with Gasteiger partial charge >= 0.3 is 0 Å². The molecule has 0 aromatic heterocycles. The molecule has 1 atom stereocenters. The Morgan fingerprint density at radius 1 is 1.32 bits per heavy atom. The van der Waals surface area contributed by atoms with E-state index in [9.17, 15) is 13.9 Å². The van der Waals surface area contributed by atoms with Crippen molar-refractivity contribution in [3.63, 3.8) is 0 Å². The van der Waals surface area contributed by atoms with Gasteiger partial charge in [-0.05, 0) is 12.0 Å². The molecular formula is C14H21F2NO2. The fraction of sp³-hybridized carbons (Fsp3) is 0.571. The number of ether oxygens (including phenoxy) is 1. The van der Waals surface area contributed by atoms with E-state index in [0.717, 1.165) is 12.1 Å². The number of benzene rings is 1. The Morgan fingerprint density at radius 3 is 2.68 bits per heavy atom. The third kappa shape index (κ3) is 6.09. The predicted octanol–water partition coefficient (Wildman–Crippen LogP) is 2.26. The molecule has 0 aliphatic heterocycles. The molecule has 2 N–H and O–H groups in total. The molecule has 0 spiro atoms. The highest BCUT2D eigenvalue weighted by molar-refractivity contribution is 5.21. The maximum Gasteiger partial charge on any atom is 0.131 e. The quantitative estimate of drug-likeness (QED) is 0.714. The Hall–Kier alpha value is -1.04. The van der Waals surface area contributed by atoms with Gasteiger partial charge in [0.2, 0.25) is 0 Å². The van der Waals surface area contributed by atoms with Crippen LogP contribution in [0.25, 0.3) is 0 Å². The fourth-order valence-corrected chi connectivity index (χ4v) is 1.58. The van der Waals surface area contributed by atoms with Crippen LogP contribution in [0.3, 0.4) is 0 Å². The zero-order valence-electron chi connectivity index (χ0n) is 11.3. The average Bonchev–Trinajstić information content (AvgIpc) is 2.32. The molecule has 0 heterocycles. The lowest BCUT2D eigenvalue weighted by molar-refractivity contribution is 0.107. The van der Waals surface area contributed by atoms with Gasteiger partial charge in [0.15, 0.2) is 0 Å². The fourth-order valence-electron chi connectivity index (χ4n) is 1.58. The number of aliphatic hydroxyl groups is 1. The van der Waals surface area contributed by atoms with Crippen molar-refractivity contribution < 1.29 is 18.6 Å². The molecule has 0 saturated heterocycles. The van der Waals surface area contributed by atoms with Crippen molar-refractivity contribution in [2.75, 3.05) is 26.3 Å². The summed E-state index contributed by atoms with van der Waals surface area (Å²) in [5, 5.41) is 12.7. The lowest BCUT2D eigenvalue weighted by Crippen LogP contribution is -2.26. The van der Waals surface area contributed by atoms with Crippen molar-refractivity contribution in [1.29, 1.82) is 0 Å². The van der Waals surface area contributed by atoms with E-state index >= 15 is 0 Å². The van der Waals surface area contributed by atoms with Gasteiger partial charge < -0.3 is 15.2 Å². The van der Waals surface area contributed by atoms with Gasteiger partial charge in [0, 0.05) is 31.3 Å². The second-order valence-corrected chi connectivity index (χ2v) is 4.85. The van der Waals surface area contributed by atoms with Crippen molar-refractivity contribution >= 4 is 0 Å². The number of nitrogens with one attached hydrogen (secondary N) is 1. The third-order valence-corrected chi connectivity index (χ3v) is 2.53. The summed E-state index contributed by atoms with van der Waals surface area (Å²) in [6.45, 7) is 6.14. The van der Waals surface area contributed by atoms with E-state index in [1.165, 1.54) is 6.07 Å². The molecule has 108 valence electrons. The second-order valence-electron chi connectivity index (χ2n) is 4.85. The van der Waals surface area contributed by atoms with E-state index in [0.29, 0.717) is 25.7 Å². The first kappa shape index (κ1) is 16.0. The first-order chi connectivity index (χ1) is 9.00. The van der Waals surface area contributed by atoms with Crippen LogP contribution >= 0.6 is 0 Å². The summed E-state index contributed by atoms with van der Waals surface area (Å²) in [6, 6.07) is 3.16. The zero-order chi connectivity index (χ0) is 14.3. The van der Waals surface area contributed by atoms with Crippen molar-refractivity contribution in [1.82, 2.24) is 5.32 Å². The first-order valence-corrected chi connectivity index (χ1v) is 6.42. The van der Waals surface area contributed by atoms with Gasteiger partial charge in [0.1, 0.15) is 11.6 Å².